The predicted molar refractivity (Wildman–Crippen MR) is 93.0 cm³/mol. The Hall–Kier alpha value is -2.28. The monoisotopic (exact) mass is 348 g/mol. The highest BCUT2D eigenvalue weighted by Gasteiger charge is 2.27. The fraction of sp³-hybridized carbons (Fsp3) is 0.444. The van der Waals surface area contributed by atoms with Crippen LogP contribution >= 0.6 is 0 Å². The maximum Gasteiger partial charge on any atom is 0.225 e. The van der Waals surface area contributed by atoms with Crippen molar-refractivity contribution >= 4 is 17.5 Å². The SMILES string of the molecule is CC(C)[C@@H](CO)Nc1nc(Nc2cccc(F)c2F)cc(C2CC2)n1. The first kappa shape index (κ1) is 17.5. The van der Waals surface area contributed by atoms with Gasteiger partial charge in [0.05, 0.1) is 24.0 Å². The molecule has 1 aromatic carbocycles. The molecule has 1 saturated carbocycles. The number of benzene rings is 1. The highest BCUT2D eigenvalue weighted by molar-refractivity contribution is 5.58. The number of nitrogens with one attached hydrogen (secondary N) is 2. The molecule has 0 unspecified atom stereocenters. The van der Waals surface area contributed by atoms with Crippen molar-refractivity contribution in [2.45, 2.75) is 38.6 Å². The molecule has 1 atom stereocenters. The standard InChI is InChI=1S/C18H22F2N4O/c1-10(2)15(9-25)23-18-22-14(11-6-7-11)8-16(24-18)21-13-5-3-4-12(19)17(13)20/h3-5,8,10-11,15,25H,6-7,9H2,1-2H3,(H2,21,22,23,24)/t15-/m1/s1. The van der Waals surface area contributed by atoms with E-state index in [4.69, 9.17) is 0 Å². The highest BCUT2D eigenvalue weighted by atomic mass is 19.2. The van der Waals surface area contributed by atoms with E-state index in [2.05, 4.69) is 20.6 Å². The number of nitrogens with zero attached hydrogens (tertiary/aromatic N) is 2. The fourth-order valence-corrected chi connectivity index (χ4v) is 2.51. The third-order valence-electron chi connectivity index (χ3n) is 4.27. The number of rotatable bonds is 7. The van der Waals surface area contributed by atoms with Gasteiger partial charge >= 0.3 is 0 Å². The highest BCUT2D eigenvalue weighted by Crippen LogP contribution is 2.40. The molecule has 1 aliphatic carbocycles. The molecule has 1 aromatic heterocycles. The van der Waals surface area contributed by atoms with Crippen molar-refractivity contribution in [3.8, 4) is 0 Å². The molecular weight excluding hydrogens is 326 g/mol. The van der Waals surface area contributed by atoms with Crippen LogP contribution in [0.4, 0.5) is 26.2 Å². The lowest BCUT2D eigenvalue weighted by Gasteiger charge is -2.20. The maximum atomic E-state index is 13.9. The largest absolute Gasteiger partial charge is 0.394 e. The summed E-state index contributed by atoms with van der Waals surface area (Å²) < 4.78 is 27.3. The first-order chi connectivity index (χ1) is 12.0. The zero-order valence-electron chi connectivity index (χ0n) is 14.3. The van der Waals surface area contributed by atoms with E-state index in [9.17, 15) is 13.9 Å². The van der Waals surface area contributed by atoms with Gasteiger partial charge in [-0.25, -0.2) is 13.8 Å². The quantitative estimate of drug-likeness (QED) is 0.710. The second-order valence-electron chi connectivity index (χ2n) is 6.68. The zero-order chi connectivity index (χ0) is 18.0. The van der Waals surface area contributed by atoms with Crippen molar-refractivity contribution in [3.05, 3.63) is 41.6 Å². The van der Waals surface area contributed by atoms with Gasteiger partial charge in [0.1, 0.15) is 5.82 Å². The lowest BCUT2D eigenvalue weighted by atomic mass is 10.1. The molecule has 0 radical (unpaired) electrons. The molecule has 1 heterocycles. The minimum atomic E-state index is -0.945. The Morgan fingerprint density at radius 3 is 2.64 bits per heavy atom. The van der Waals surface area contributed by atoms with Crippen LogP contribution in [-0.2, 0) is 0 Å². The molecule has 7 heteroatoms. The topological polar surface area (TPSA) is 70.1 Å². The van der Waals surface area contributed by atoms with E-state index >= 15 is 0 Å². The predicted octanol–water partition coefficient (Wildman–Crippen LogP) is 3.80. The van der Waals surface area contributed by atoms with Crippen LogP contribution in [0.15, 0.2) is 24.3 Å². The van der Waals surface area contributed by atoms with Crippen molar-refractivity contribution in [2.24, 2.45) is 5.92 Å². The third-order valence-corrected chi connectivity index (χ3v) is 4.27. The van der Waals surface area contributed by atoms with Crippen LogP contribution in [0.3, 0.4) is 0 Å². The summed E-state index contributed by atoms with van der Waals surface area (Å²) in [5.74, 6) is -0.539. The van der Waals surface area contributed by atoms with Crippen LogP contribution in [0.25, 0.3) is 0 Å². The fourth-order valence-electron chi connectivity index (χ4n) is 2.51. The maximum absolute atomic E-state index is 13.9. The lowest BCUT2D eigenvalue weighted by Crippen LogP contribution is -2.30. The van der Waals surface area contributed by atoms with E-state index in [-0.39, 0.29) is 24.3 Å². The van der Waals surface area contributed by atoms with Gasteiger partial charge in [-0.1, -0.05) is 19.9 Å². The Morgan fingerprint density at radius 1 is 1.24 bits per heavy atom. The molecule has 0 aliphatic heterocycles. The van der Waals surface area contributed by atoms with Crippen LogP contribution in [0.5, 0.6) is 0 Å². The van der Waals surface area contributed by atoms with E-state index in [1.54, 1.807) is 6.07 Å². The summed E-state index contributed by atoms with van der Waals surface area (Å²) in [5.41, 5.74) is 0.881. The smallest absolute Gasteiger partial charge is 0.225 e. The molecule has 134 valence electrons. The van der Waals surface area contributed by atoms with Gasteiger partial charge in [0.25, 0.3) is 0 Å². The number of aliphatic hydroxyl groups is 1. The Balaban J connectivity index is 1.89. The van der Waals surface area contributed by atoms with Gasteiger partial charge in [-0.05, 0) is 30.9 Å². The number of hydrogen-bond donors (Lipinski definition) is 3. The minimum Gasteiger partial charge on any atom is -0.394 e. The number of halogens is 2. The number of hydrogen-bond acceptors (Lipinski definition) is 5. The Kier molecular flexibility index (Phi) is 5.13. The molecule has 0 saturated heterocycles. The summed E-state index contributed by atoms with van der Waals surface area (Å²) in [6.45, 7) is 3.93. The van der Waals surface area contributed by atoms with Crippen molar-refractivity contribution in [1.82, 2.24) is 9.97 Å². The molecule has 3 N–H and O–H groups in total. The Morgan fingerprint density at radius 2 is 2.00 bits per heavy atom. The average Bonchev–Trinajstić information content (AvgIpc) is 3.41. The molecule has 1 fully saturated rings. The van der Waals surface area contributed by atoms with Gasteiger partial charge < -0.3 is 15.7 Å². The average molecular weight is 348 g/mol. The first-order valence-corrected chi connectivity index (χ1v) is 8.45. The molecule has 5 nitrogen and oxygen atoms in total. The van der Waals surface area contributed by atoms with Crippen LogP contribution in [0.1, 0.15) is 38.3 Å². The number of aromatic nitrogens is 2. The summed E-state index contributed by atoms with van der Waals surface area (Å²) in [6.07, 6.45) is 2.11. The van der Waals surface area contributed by atoms with Gasteiger partial charge in [-0.15, -0.1) is 0 Å². The second kappa shape index (κ2) is 7.31. The van der Waals surface area contributed by atoms with Crippen LogP contribution < -0.4 is 10.6 Å². The molecular formula is C18H22F2N4O. The summed E-state index contributed by atoms with van der Waals surface area (Å²) in [4.78, 5) is 8.85. The lowest BCUT2D eigenvalue weighted by molar-refractivity contribution is 0.248. The van der Waals surface area contributed by atoms with E-state index < -0.39 is 11.6 Å². The van der Waals surface area contributed by atoms with E-state index in [1.807, 2.05) is 13.8 Å². The molecule has 25 heavy (non-hydrogen) atoms. The normalized spacial score (nSPS) is 15.3. The first-order valence-electron chi connectivity index (χ1n) is 8.45. The summed E-state index contributed by atoms with van der Waals surface area (Å²) in [6, 6.07) is 5.53. The van der Waals surface area contributed by atoms with Crippen molar-refractivity contribution in [3.63, 3.8) is 0 Å². The molecule has 0 amide bonds. The molecule has 0 bridgehead atoms. The van der Waals surface area contributed by atoms with Crippen LogP contribution in [-0.4, -0.2) is 27.7 Å². The molecule has 0 spiro atoms. The molecule has 2 aromatic rings. The third kappa shape index (κ3) is 4.22. The van der Waals surface area contributed by atoms with Crippen molar-refractivity contribution < 1.29 is 13.9 Å². The number of anilines is 3. The van der Waals surface area contributed by atoms with Gasteiger partial charge in [-0.2, -0.15) is 4.98 Å². The van der Waals surface area contributed by atoms with E-state index in [0.29, 0.717) is 17.7 Å². The zero-order valence-corrected chi connectivity index (χ0v) is 14.3. The Bertz CT molecular complexity index is 750. The van der Waals surface area contributed by atoms with Gasteiger partial charge in [0.2, 0.25) is 5.95 Å². The minimum absolute atomic E-state index is 0.0222. The second-order valence-corrected chi connectivity index (χ2v) is 6.68. The summed E-state index contributed by atoms with van der Waals surface area (Å²) in [7, 11) is 0. The van der Waals surface area contributed by atoms with Gasteiger partial charge in [-0.3, -0.25) is 0 Å². The van der Waals surface area contributed by atoms with Crippen LogP contribution in [0, 0.1) is 17.6 Å². The van der Waals surface area contributed by atoms with Crippen molar-refractivity contribution in [2.75, 3.05) is 17.2 Å². The molecule has 3 rings (SSSR count). The van der Waals surface area contributed by atoms with Gasteiger partial charge in [0, 0.05) is 12.0 Å². The van der Waals surface area contributed by atoms with E-state index in [0.717, 1.165) is 24.6 Å². The summed E-state index contributed by atoms with van der Waals surface area (Å²) in [5, 5.41) is 15.4. The van der Waals surface area contributed by atoms with Crippen molar-refractivity contribution in [1.29, 1.82) is 0 Å². The number of aliphatic hydroxyl groups excluding tert-OH is 1. The van der Waals surface area contributed by atoms with Gasteiger partial charge in [0.15, 0.2) is 11.6 Å². The Labute approximate surface area is 145 Å². The van der Waals surface area contributed by atoms with Crippen LogP contribution in [0.2, 0.25) is 0 Å². The summed E-state index contributed by atoms with van der Waals surface area (Å²) >= 11 is 0. The molecule has 1 aliphatic rings. The van der Waals surface area contributed by atoms with E-state index in [1.165, 1.54) is 12.1 Å².